The third-order valence-corrected chi connectivity index (χ3v) is 4.73. The van der Waals surface area contributed by atoms with E-state index >= 15 is 0 Å². The maximum Gasteiger partial charge on any atom is 0.203 e. The molecule has 0 unspecified atom stereocenters. The first-order valence-corrected chi connectivity index (χ1v) is 8.62. The molecule has 1 aromatic carbocycles. The van der Waals surface area contributed by atoms with Crippen molar-refractivity contribution in [2.75, 3.05) is 27.9 Å². The van der Waals surface area contributed by atoms with Crippen molar-refractivity contribution in [2.24, 2.45) is 0 Å². The molecule has 5 heteroatoms. The second kappa shape index (κ2) is 7.74. The molecule has 0 saturated carbocycles. The third-order valence-electron chi connectivity index (χ3n) is 4.73. The van der Waals surface area contributed by atoms with Gasteiger partial charge in [-0.15, -0.1) is 0 Å². The highest BCUT2D eigenvalue weighted by molar-refractivity contribution is 5.53. The summed E-state index contributed by atoms with van der Waals surface area (Å²) in [5.41, 5.74) is 3.37. The Bertz CT molecular complexity index is 708. The number of hydrogen-bond donors (Lipinski definition) is 0. The van der Waals surface area contributed by atoms with Crippen molar-refractivity contribution in [1.82, 2.24) is 9.88 Å². The van der Waals surface area contributed by atoms with E-state index in [-0.39, 0.29) is 0 Å². The molecule has 0 radical (unpaired) electrons. The SMILES string of the molecule is COc1cc(CN2CCC[C@H]2c2cccc(C)n2)cc(OC)c1OC. The van der Waals surface area contributed by atoms with Crippen LogP contribution in [0.5, 0.6) is 17.2 Å². The normalized spacial score (nSPS) is 17.5. The molecule has 1 aromatic heterocycles. The fraction of sp³-hybridized carbons (Fsp3) is 0.450. The second-order valence-electron chi connectivity index (χ2n) is 6.37. The van der Waals surface area contributed by atoms with Gasteiger partial charge in [-0.2, -0.15) is 0 Å². The molecule has 3 rings (SSSR count). The predicted molar refractivity (Wildman–Crippen MR) is 97.5 cm³/mol. The summed E-state index contributed by atoms with van der Waals surface area (Å²) in [5, 5.41) is 0. The van der Waals surface area contributed by atoms with Crippen LogP contribution in [0.3, 0.4) is 0 Å². The van der Waals surface area contributed by atoms with E-state index in [1.165, 1.54) is 6.42 Å². The molecule has 0 bridgehead atoms. The highest BCUT2D eigenvalue weighted by atomic mass is 16.5. The lowest BCUT2D eigenvalue weighted by atomic mass is 10.1. The molecule has 25 heavy (non-hydrogen) atoms. The van der Waals surface area contributed by atoms with Gasteiger partial charge in [-0.05, 0) is 56.1 Å². The van der Waals surface area contributed by atoms with Gasteiger partial charge < -0.3 is 14.2 Å². The van der Waals surface area contributed by atoms with Crippen molar-refractivity contribution in [3.63, 3.8) is 0 Å². The largest absolute Gasteiger partial charge is 0.493 e. The summed E-state index contributed by atoms with van der Waals surface area (Å²) < 4.78 is 16.4. The summed E-state index contributed by atoms with van der Waals surface area (Å²) in [4.78, 5) is 7.21. The number of likely N-dealkylation sites (tertiary alicyclic amines) is 1. The van der Waals surface area contributed by atoms with Gasteiger partial charge in [-0.3, -0.25) is 9.88 Å². The quantitative estimate of drug-likeness (QED) is 0.800. The Morgan fingerprint density at radius 1 is 1.08 bits per heavy atom. The molecule has 1 atom stereocenters. The molecule has 1 fully saturated rings. The topological polar surface area (TPSA) is 43.8 Å². The van der Waals surface area contributed by atoms with E-state index in [1.54, 1.807) is 21.3 Å². The number of rotatable bonds is 6. The first-order valence-electron chi connectivity index (χ1n) is 8.62. The number of benzene rings is 1. The van der Waals surface area contributed by atoms with Crippen LogP contribution in [0.1, 0.15) is 35.8 Å². The third kappa shape index (κ3) is 3.71. The Labute approximate surface area is 149 Å². The van der Waals surface area contributed by atoms with Crippen LogP contribution in [0.15, 0.2) is 30.3 Å². The van der Waals surface area contributed by atoms with E-state index in [2.05, 4.69) is 17.0 Å². The lowest BCUT2D eigenvalue weighted by molar-refractivity contribution is 0.243. The van der Waals surface area contributed by atoms with Crippen molar-refractivity contribution in [3.8, 4) is 17.2 Å². The van der Waals surface area contributed by atoms with Crippen LogP contribution < -0.4 is 14.2 Å². The smallest absolute Gasteiger partial charge is 0.203 e. The zero-order valence-electron chi connectivity index (χ0n) is 15.4. The van der Waals surface area contributed by atoms with Gasteiger partial charge in [0.15, 0.2) is 11.5 Å². The fourth-order valence-corrected chi connectivity index (χ4v) is 3.56. The minimum atomic E-state index is 0.360. The van der Waals surface area contributed by atoms with Gasteiger partial charge in [-0.25, -0.2) is 0 Å². The standard InChI is InChI=1S/C20H26N2O3/c1-14-7-5-8-16(21-14)17-9-6-10-22(17)13-15-11-18(23-2)20(25-4)19(12-15)24-3/h5,7-8,11-12,17H,6,9-10,13H2,1-4H3/t17-/m0/s1. The van der Waals surface area contributed by atoms with Crippen LogP contribution in [0.25, 0.3) is 0 Å². The van der Waals surface area contributed by atoms with Gasteiger partial charge in [0.2, 0.25) is 5.75 Å². The maximum atomic E-state index is 5.48. The predicted octanol–water partition coefficient (Wildman–Crippen LogP) is 3.75. The first kappa shape index (κ1) is 17.5. The van der Waals surface area contributed by atoms with Crippen molar-refractivity contribution in [2.45, 2.75) is 32.4 Å². The Hall–Kier alpha value is -2.27. The summed E-state index contributed by atoms with van der Waals surface area (Å²) in [7, 11) is 4.92. The summed E-state index contributed by atoms with van der Waals surface area (Å²) in [6.07, 6.45) is 2.32. The minimum Gasteiger partial charge on any atom is -0.493 e. The van der Waals surface area contributed by atoms with Gasteiger partial charge in [0, 0.05) is 12.2 Å². The summed E-state index contributed by atoms with van der Waals surface area (Å²) >= 11 is 0. The molecular formula is C20H26N2O3. The number of aryl methyl sites for hydroxylation is 1. The second-order valence-corrected chi connectivity index (χ2v) is 6.37. The number of methoxy groups -OCH3 is 3. The Kier molecular flexibility index (Phi) is 5.43. The number of hydrogen-bond acceptors (Lipinski definition) is 5. The Morgan fingerprint density at radius 2 is 1.80 bits per heavy atom. The molecular weight excluding hydrogens is 316 g/mol. The lowest BCUT2D eigenvalue weighted by Gasteiger charge is -2.25. The molecule has 2 heterocycles. The van der Waals surface area contributed by atoms with E-state index in [1.807, 2.05) is 25.1 Å². The number of aromatic nitrogens is 1. The van der Waals surface area contributed by atoms with E-state index in [4.69, 9.17) is 19.2 Å². The van der Waals surface area contributed by atoms with Crippen LogP contribution in [-0.4, -0.2) is 37.8 Å². The van der Waals surface area contributed by atoms with Crippen molar-refractivity contribution < 1.29 is 14.2 Å². The van der Waals surface area contributed by atoms with Gasteiger partial charge in [0.25, 0.3) is 0 Å². The summed E-state index contributed by atoms with van der Waals surface area (Å²) in [6.45, 7) is 3.94. The van der Waals surface area contributed by atoms with Gasteiger partial charge in [-0.1, -0.05) is 6.07 Å². The first-order chi connectivity index (χ1) is 12.2. The molecule has 134 valence electrons. The molecule has 0 aliphatic carbocycles. The van der Waals surface area contributed by atoms with Crippen LogP contribution in [0, 0.1) is 6.92 Å². The molecule has 0 spiro atoms. The zero-order chi connectivity index (χ0) is 17.8. The molecule has 2 aromatic rings. The molecule has 1 saturated heterocycles. The zero-order valence-corrected chi connectivity index (χ0v) is 15.4. The van der Waals surface area contributed by atoms with Crippen LogP contribution in [-0.2, 0) is 6.54 Å². The van der Waals surface area contributed by atoms with E-state index in [9.17, 15) is 0 Å². The van der Waals surface area contributed by atoms with Gasteiger partial charge in [0.1, 0.15) is 0 Å². The molecule has 1 aliphatic rings. The molecule has 5 nitrogen and oxygen atoms in total. The monoisotopic (exact) mass is 342 g/mol. The van der Waals surface area contributed by atoms with E-state index in [0.29, 0.717) is 23.3 Å². The highest BCUT2D eigenvalue weighted by Gasteiger charge is 2.27. The number of pyridine rings is 1. The summed E-state index contributed by atoms with van der Waals surface area (Å²) in [6, 6.07) is 10.7. The fourth-order valence-electron chi connectivity index (χ4n) is 3.56. The van der Waals surface area contributed by atoms with Gasteiger partial charge in [0.05, 0.1) is 33.1 Å². The molecule has 1 aliphatic heterocycles. The average Bonchev–Trinajstić information content (AvgIpc) is 3.08. The van der Waals surface area contributed by atoms with Crippen molar-refractivity contribution >= 4 is 0 Å². The van der Waals surface area contributed by atoms with Crippen molar-refractivity contribution in [3.05, 3.63) is 47.3 Å². The lowest BCUT2D eigenvalue weighted by Crippen LogP contribution is -2.23. The average molecular weight is 342 g/mol. The highest BCUT2D eigenvalue weighted by Crippen LogP contribution is 2.40. The Balaban J connectivity index is 1.86. The maximum absolute atomic E-state index is 5.48. The van der Waals surface area contributed by atoms with Crippen molar-refractivity contribution in [1.29, 1.82) is 0 Å². The van der Waals surface area contributed by atoms with Crippen LogP contribution >= 0.6 is 0 Å². The number of nitrogens with zero attached hydrogens (tertiary/aromatic N) is 2. The van der Waals surface area contributed by atoms with Crippen LogP contribution in [0.4, 0.5) is 0 Å². The molecule has 0 amide bonds. The minimum absolute atomic E-state index is 0.360. The number of ether oxygens (including phenoxy) is 3. The Morgan fingerprint density at radius 3 is 2.40 bits per heavy atom. The van der Waals surface area contributed by atoms with E-state index in [0.717, 1.165) is 36.5 Å². The summed E-state index contributed by atoms with van der Waals surface area (Å²) in [5.74, 6) is 2.02. The van der Waals surface area contributed by atoms with Gasteiger partial charge >= 0.3 is 0 Å². The molecule has 0 N–H and O–H groups in total. The van der Waals surface area contributed by atoms with E-state index < -0.39 is 0 Å². The van der Waals surface area contributed by atoms with Crippen LogP contribution in [0.2, 0.25) is 0 Å².